The molecule has 8 aliphatic rings. The molecule has 5 atom stereocenters. The van der Waals surface area contributed by atoms with Gasteiger partial charge in [0.1, 0.15) is 0 Å². The van der Waals surface area contributed by atoms with Gasteiger partial charge in [-0.1, -0.05) is 0 Å². The molecule has 0 aromatic heterocycles. The predicted molar refractivity (Wildman–Crippen MR) is 75.7 cm³/mol. The highest BCUT2D eigenvalue weighted by Crippen LogP contribution is 2.74. The Labute approximate surface area is 121 Å². The number of rotatable bonds is 0. The second-order valence-corrected chi connectivity index (χ2v) is 9.03. The molecule has 7 aliphatic carbocycles. The Morgan fingerprint density at radius 3 is 2.25 bits per heavy atom. The van der Waals surface area contributed by atoms with E-state index in [1.807, 2.05) is 0 Å². The Balaban J connectivity index is 1.50. The Morgan fingerprint density at radius 2 is 1.55 bits per heavy atom. The molecule has 2 heteroatoms. The van der Waals surface area contributed by atoms with Crippen molar-refractivity contribution >= 4 is 5.91 Å². The van der Waals surface area contributed by atoms with Crippen LogP contribution in [0.25, 0.3) is 0 Å². The summed E-state index contributed by atoms with van der Waals surface area (Å²) in [6.07, 6.45) is 10.8. The number of carbonyl (C=O) groups excluding carboxylic acids is 1. The van der Waals surface area contributed by atoms with Crippen molar-refractivity contribution in [3.8, 4) is 0 Å². The Morgan fingerprint density at radius 1 is 0.900 bits per heavy atom. The maximum atomic E-state index is 12.1. The smallest absolute Gasteiger partial charge is 0.220 e. The van der Waals surface area contributed by atoms with Crippen molar-refractivity contribution in [2.45, 2.75) is 56.9 Å². The first-order valence-corrected chi connectivity index (χ1v) is 9.07. The molecule has 8 rings (SSSR count). The van der Waals surface area contributed by atoms with Gasteiger partial charge < -0.3 is 5.32 Å². The van der Waals surface area contributed by atoms with Gasteiger partial charge in [0.05, 0.1) is 0 Å². The quantitative estimate of drug-likeness (QED) is 0.721. The summed E-state index contributed by atoms with van der Waals surface area (Å²) in [7, 11) is 0. The van der Waals surface area contributed by atoms with Crippen LogP contribution in [0.4, 0.5) is 0 Å². The number of amides is 1. The van der Waals surface area contributed by atoms with Gasteiger partial charge in [-0.3, -0.25) is 4.79 Å². The van der Waals surface area contributed by atoms with Crippen molar-refractivity contribution in [2.75, 3.05) is 0 Å². The van der Waals surface area contributed by atoms with Crippen LogP contribution in [0.5, 0.6) is 0 Å². The second-order valence-electron chi connectivity index (χ2n) is 9.03. The van der Waals surface area contributed by atoms with Crippen molar-refractivity contribution < 1.29 is 4.79 Å². The molecular formula is C18H25NO. The number of hydrogen-bond acceptors (Lipinski definition) is 1. The van der Waals surface area contributed by atoms with E-state index in [1.165, 1.54) is 32.1 Å². The average molecular weight is 271 g/mol. The lowest BCUT2D eigenvalue weighted by molar-refractivity contribution is -0.247. The van der Waals surface area contributed by atoms with E-state index < -0.39 is 0 Å². The van der Waals surface area contributed by atoms with Crippen LogP contribution in [0, 0.1) is 47.3 Å². The fraction of sp³-hybridized carbons (Fsp3) is 0.944. The van der Waals surface area contributed by atoms with Crippen LogP contribution >= 0.6 is 0 Å². The van der Waals surface area contributed by atoms with Crippen LogP contribution in [0.1, 0.15) is 51.4 Å². The van der Waals surface area contributed by atoms with E-state index >= 15 is 0 Å². The molecular weight excluding hydrogens is 246 g/mol. The average Bonchev–Trinajstić information content (AvgIpc) is 2.44. The van der Waals surface area contributed by atoms with Gasteiger partial charge in [-0.2, -0.15) is 0 Å². The second kappa shape index (κ2) is 3.28. The molecule has 0 aromatic rings. The largest absolute Gasteiger partial charge is 0.350 e. The maximum Gasteiger partial charge on any atom is 0.220 e. The topological polar surface area (TPSA) is 29.1 Å². The molecule has 0 radical (unpaired) electrons. The summed E-state index contributed by atoms with van der Waals surface area (Å²) in [6, 6.07) is 0. The number of hydrogen-bond donors (Lipinski definition) is 1. The molecule has 1 saturated heterocycles. The minimum absolute atomic E-state index is 0.255. The molecule has 2 nitrogen and oxygen atoms in total. The molecule has 1 aliphatic heterocycles. The third kappa shape index (κ3) is 1.04. The molecule has 0 aromatic carbocycles. The summed E-state index contributed by atoms with van der Waals surface area (Å²) in [5, 5.41) is 3.59. The molecule has 8 bridgehead atoms. The zero-order valence-corrected chi connectivity index (χ0v) is 12.2. The summed E-state index contributed by atoms with van der Waals surface area (Å²) in [4.78, 5) is 12.1. The van der Waals surface area contributed by atoms with Crippen LogP contribution in [-0.4, -0.2) is 11.4 Å². The van der Waals surface area contributed by atoms with Gasteiger partial charge in [-0.05, 0) is 92.3 Å². The zero-order chi connectivity index (χ0) is 13.1. The van der Waals surface area contributed by atoms with Crippen molar-refractivity contribution in [1.29, 1.82) is 0 Å². The fourth-order valence-corrected chi connectivity index (χ4v) is 8.63. The lowest BCUT2D eigenvalue weighted by Gasteiger charge is -2.75. The van der Waals surface area contributed by atoms with Crippen molar-refractivity contribution in [3.05, 3.63) is 0 Å². The van der Waals surface area contributed by atoms with Gasteiger partial charge >= 0.3 is 0 Å². The van der Waals surface area contributed by atoms with E-state index in [-0.39, 0.29) is 5.54 Å². The minimum atomic E-state index is 0.255. The lowest BCUT2D eigenvalue weighted by atomic mass is 9.31. The third-order valence-electron chi connectivity index (χ3n) is 8.74. The summed E-state index contributed by atoms with van der Waals surface area (Å²) in [5.74, 6) is 8.33. The van der Waals surface area contributed by atoms with Gasteiger partial charge in [-0.25, -0.2) is 0 Å². The highest BCUT2D eigenvalue weighted by atomic mass is 16.1. The van der Waals surface area contributed by atoms with Gasteiger partial charge in [0, 0.05) is 12.0 Å². The third-order valence-corrected chi connectivity index (χ3v) is 8.74. The lowest BCUT2D eigenvalue weighted by Crippen LogP contribution is -2.76. The van der Waals surface area contributed by atoms with Crippen molar-refractivity contribution in [3.63, 3.8) is 0 Å². The van der Waals surface area contributed by atoms with Crippen molar-refractivity contribution in [2.24, 2.45) is 47.3 Å². The van der Waals surface area contributed by atoms with Gasteiger partial charge in [0.15, 0.2) is 0 Å². The Bertz CT molecular complexity index is 478. The first-order valence-electron chi connectivity index (χ1n) is 9.07. The van der Waals surface area contributed by atoms with Crippen LogP contribution < -0.4 is 5.32 Å². The standard InChI is InChI=1S/C18H25NO/c20-16-2-1-3-18(19-16)10-7-12-11-4-9-5-14(12)17(18)15(6-9)13(11)8-10/h9-15,17H,1-8H2,(H,19,20). The van der Waals surface area contributed by atoms with Crippen LogP contribution in [0.2, 0.25) is 0 Å². The molecule has 1 amide bonds. The van der Waals surface area contributed by atoms with Crippen LogP contribution in [0.3, 0.4) is 0 Å². The Hall–Kier alpha value is -0.530. The zero-order valence-electron chi connectivity index (χ0n) is 12.2. The Kier molecular flexibility index (Phi) is 1.82. The molecule has 5 unspecified atom stereocenters. The molecule has 7 saturated carbocycles. The van der Waals surface area contributed by atoms with E-state index in [0.717, 1.165) is 60.2 Å². The first kappa shape index (κ1) is 11.1. The van der Waals surface area contributed by atoms with Crippen LogP contribution in [-0.2, 0) is 4.79 Å². The minimum Gasteiger partial charge on any atom is -0.350 e. The summed E-state index contributed by atoms with van der Waals surface area (Å²) < 4.78 is 0. The number of piperidine rings is 1. The van der Waals surface area contributed by atoms with E-state index in [9.17, 15) is 4.79 Å². The monoisotopic (exact) mass is 271 g/mol. The van der Waals surface area contributed by atoms with Gasteiger partial charge in [-0.15, -0.1) is 0 Å². The van der Waals surface area contributed by atoms with E-state index in [2.05, 4.69) is 5.32 Å². The molecule has 8 fully saturated rings. The SMILES string of the molecule is O=C1CCCC2(N1)C1CC3C4CC5CC3C2C(C5)C4C1. The molecule has 108 valence electrons. The maximum absolute atomic E-state index is 12.1. The molecule has 20 heavy (non-hydrogen) atoms. The molecule has 1 N–H and O–H groups in total. The predicted octanol–water partition coefficient (Wildman–Crippen LogP) is 2.97. The van der Waals surface area contributed by atoms with Gasteiger partial charge in [0.25, 0.3) is 0 Å². The summed E-state index contributed by atoms with van der Waals surface area (Å²) in [5.41, 5.74) is 0.255. The number of carbonyl (C=O) groups is 1. The highest BCUT2D eigenvalue weighted by Gasteiger charge is 2.71. The van der Waals surface area contributed by atoms with E-state index in [0.29, 0.717) is 5.91 Å². The van der Waals surface area contributed by atoms with Gasteiger partial charge in [0.2, 0.25) is 5.91 Å². The highest BCUT2D eigenvalue weighted by molar-refractivity contribution is 5.78. The van der Waals surface area contributed by atoms with Crippen LogP contribution in [0.15, 0.2) is 0 Å². The van der Waals surface area contributed by atoms with Crippen molar-refractivity contribution in [1.82, 2.24) is 5.32 Å². The van der Waals surface area contributed by atoms with E-state index in [4.69, 9.17) is 0 Å². The number of nitrogens with one attached hydrogen (secondary N) is 1. The fourth-order valence-electron chi connectivity index (χ4n) is 8.63. The normalized spacial score (nSPS) is 65.1. The summed E-state index contributed by atoms with van der Waals surface area (Å²) in [6.45, 7) is 0. The summed E-state index contributed by atoms with van der Waals surface area (Å²) >= 11 is 0. The molecule has 1 spiro atoms. The van der Waals surface area contributed by atoms with E-state index in [1.54, 1.807) is 6.42 Å². The first-order chi connectivity index (χ1) is 9.76. The molecule has 1 heterocycles.